The normalized spacial score (nSPS) is 10.8. The van der Waals surface area contributed by atoms with Crippen LogP contribution in [0.15, 0.2) is 12.1 Å². The van der Waals surface area contributed by atoms with Crippen molar-refractivity contribution in [1.29, 1.82) is 0 Å². The molecule has 0 fully saturated rings. The third-order valence-corrected chi connectivity index (χ3v) is 3.12. The number of nitrogens with zero attached hydrogens (tertiary/aromatic N) is 1. The molecule has 1 aromatic rings. The molecule has 0 amide bonds. The number of nitro benzene ring substituents is 1. The number of hydrogen-bond donors (Lipinski definition) is 0. The zero-order chi connectivity index (χ0) is 18.5. The Labute approximate surface area is 137 Å². The van der Waals surface area contributed by atoms with E-state index >= 15 is 0 Å². The molecule has 0 N–H and O–H groups in total. The molecule has 1 aromatic carbocycles. The highest BCUT2D eigenvalue weighted by Gasteiger charge is 2.25. The summed E-state index contributed by atoms with van der Waals surface area (Å²) in [6.07, 6.45) is 0.787. The number of rotatable bonds is 7. The molecule has 132 valence electrons. The topological polar surface area (TPSA) is 139 Å². The predicted octanol–water partition coefficient (Wildman–Crippen LogP) is 1.06. The first-order chi connectivity index (χ1) is 11.0. The highest BCUT2D eigenvalue weighted by Crippen LogP contribution is 2.32. The SMILES string of the molecule is CC(=O)OCc1c(OS(C)(=O)=O)ccc([N+](=O)[O-])c1COC(C)=O. The van der Waals surface area contributed by atoms with Gasteiger partial charge in [-0.1, -0.05) is 0 Å². The van der Waals surface area contributed by atoms with Crippen LogP contribution in [0.25, 0.3) is 0 Å². The summed E-state index contributed by atoms with van der Waals surface area (Å²) in [6, 6.07) is 2.08. The fraction of sp³-hybridized carbons (Fsp3) is 0.385. The average Bonchev–Trinajstić information content (AvgIpc) is 2.41. The third kappa shape index (κ3) is 5.83. The summed E-state index contributed by atoms with van der Waals surface area (Å²) in [5, 5.41) is 11.2. The van der Waals surface area contributed by atoms with Gasteiger partial charge in [0.2, 0.25) is 0 Å². The van der Waals surface area contributed by atoms with Crippen LogP contribution in [0.5, 0.6) is 5.75 Å². The molecule has 0 atom stereocenters. The molecule has 0 aliphatic heterocycles. The standard InChI is InChI=1S/C13H15NO9S/c1-8(15)21-6-10-11(7-22-9(2)16)13(23-24(3,19)20)5-4-12(10)14(17)18/h4-5H,6-7H2,1-3H3. The number of benzene rings is 1. The zero-order valence-corrected chi connectivity index (χ0v) is 13.9. The molecule has 0 bridgehead atoms. The number of carbonyl (C=O) groups is 2. The minimum absolute atomic E-state index is 0.0777. The van der Waals surface area contributed by atoms with E-state index in [2.05, 4.69) is 0 Å². The Hall–Kier alpha value is -2.69. The van der Waals surface area contributed by atoms with E-state index in [0.717, 1.165) is 32.2 Å². The molecule has 0 radical (unpaired) electrons. The van der Waals surface area contributed by atoms with E-state index in [1.165, 1.54) is 0 Å². The largest absolute Gasteiger partial charge is 0.461 e. The van der Waals surface area contributed by atoms with Crippen LogP contribution in [0.2, 0.25) is 0 Å². The van der Waals surface area contributed by atoms with Crippen LogP contribution in [-0.4, -0.2) is 31.5 Å². The molecule has 0 spiro atoms. The average molecular weight is 361 g/mol. The van der Waals surface area contributed by atoms with E-state index in [4.69, 9.17) is 13.7 Å². The van der Waals surface area contributed by atoms with Gasteiger partial charge in [0, 0.05) is 25.5 Å². The van der Waals surface area contributed by atoms with E-state index < -0.39 is 45.9 Å². The van der Waals surface area contributed by atoms with Crippen molar-refractivity contribution in [3.05, 3.63) is 33.4 Å². The number of carbonyl (C=O) groups excluding carboxylic acids is 2. The quantitative estimate of drug-likeness (QED) is 0.302. The zero-order valence-electron chi connectivity index (χ0n) is 13.1. The van der Waals surface area contributed by atoms with Crippen molar-refractivity contribution in [2.75, 3.05) is 6.26 Å². The number of esters is 2. The Balaban J connectivity index is 3.48. The molecule has 24 heavy (non-hydrogen) atoms. The highest BCUT2D eigenvalue weighted by atomic mass is 32.2. The minimum Gasteiger partial charge on any atom is -0.461 e. The summed E-state index contributed by atoms with van der Waals surface area (Å²) in [7, 11) is -3.94. The van der Waals surface area contributed by atoms with Crippen LogP contribution >= 0.6 is 0 Å². The predicted molar refractivity (Wildman–Crippen MR) is 79.5 cm³/mol. The first-order valence-electron chi connectivity index (χ1n) is 6.46. The molecule has 0 saturated carbocycles. The van der Waals surface area contributed by atoms with E-state index in [1.54, 1.807) is 0 Å². The highest BCUT2D eigenvalue weighted by molar-refractivity contribution is 7.86. The summed E-state index contributed by atoms with van der Waals surface area (Å²) < 4.78 is 37.0. The monoisotopic (exact) mass is 361 g/mol. The molecule has 0 heterocycles. The van der Waals surface area contributed by atoms with Crippen LogP contribution in [-0.2, 0) is 42.4 Å². The van der Waals surface area contributed by atoms with Crippen molar-refractivity contribution in [1.82, 2.24) is 0 Å². The van der Waals surface area contributed by atoms with E-state index in [0.29, 0.717) is 0 Å². The maximum absolute atomic E-state index is 11.3. The first-order valence-corrected chi connectivity index (χ1v) is 8.28. The lowest BCUT2D eigenvalue weighted by molar-refractivity contribution is -0.386. The summed E-state index contributed by atoms with van der Waals surface area (Å²) in [5.41, 5.74) is -0.636. The van der Waals surface area contributed by atoms with E-state index in [9.17, 15) is 28.1 Å². The maximum atomic E-state index is 11.3. The van der Waals surface area contributed by atoms with Crippen LogP contribution in [0.1, 0.15) is 25.0 Å². The van der Waals surface area contributed by atoms with Gasteiger partial charge in [-0.25, -0.2) is 0 Å². The summed E-state index contributed by atoms with van der Waals surface area (Å²) in [6.45, 7) is 1.22. The van der Waals surface area contributed by atoms with Crippen molar-refractivity contribution in [3.8, 4) is 5.75 Å². The molecule has 0 aliphatic carbocycles. The van der Waals surface area contributed by atoms with Crippen LogP contribution < -0.4 is 4.18 Å². The van der Waals surface area contributed by atoms with Crippen molar-refractivity contribution < 1.29 is 36.6 Å². The lowest BCUT2D eigenvalue weighted by Crippen LogP contribution is -2.13. The van der Waals surface area contributed by atoms with Gasteiger partial charge in [-0.15, -0.1) is 0 Å². The first kappa shape index (κ1) is 19.4. The maximum Gasteiger partial charge on any atom is 0.306 e. The minimum atomic E-state index is -3.94. The number of hydrogen-bond acceptors (Lipinski definition) is 9. The van der Waals surface area contributed by atoms with Crippen LogP contribution in [0, 0.1) is 10.1 Å². The second kappa shape index (κ2) is 7.73. The molecule has 1 rings (SSSR count). The molecule has 0 aliphatic rings. The smallest absolute Gasteiger partial charge is 0.306 e. The molecule has 11 heteroatoms. The van der Waals surface area contributed by atoms with Crippen LogP contribution in [0.4, 0.5) is 5.69 Å². The van der Waals surface area contributed by atoms with Gasteiger partial charge in [-0.05, 0) is 6.07 Å². The molecule has 10 nitrogen and oxygen atoms in total. The number of nitro groups is 1. The molecular formula is C13H15NO9S. The molecule has 0 saturated heterocycles. The van der Waals surface area contributed by atoms with Gasteiger partial charge < -0.3 is 13.7 Å². The summed E-state index contributed by atoms with van der Waals surface area (Å²) in [5.74, 6) is -1.64. The lowest BCUT2D eigenvalue weighted by atomic mass is 10.1. The fourth-order valence-electron chi connectivity index (χ4n) is 1.74. The van der Waals surface area contributed by atoms with E-state index in [1.807, 2.05) is 0 Å². The fourth-order valence-corrected chi connectivity index (χ4v) is 2.22. The van der Waals surface area contributed by atoms with Gasteiger partial charge in [0.15, 0.2) is 0 Å². The third-order valence-electron chi connectivity index (χ3n) is 2.64. The van der Waals surface area contributed by atoms with Gasteiger partial charge >= 0.3 is 22.1 Å². The van der Waals surface area contributed by atoms with Crippen molar-refractivity contribution in [3.63, 3.8) is 0 Å². The van der Waals surface area contributed by atoms with Crippen molar-refractivity contribution in [2.45, 2.75) is 27.1 Å². The molecule has 0 unspecified atom stereocenters. The molecular weight excluding hydrogens is 346 g/mol. The summed E-state index contributed by atoms with van der Waals surface area (Å²) >= 11 is 0. The van der Waals surface area contributed by atoms with Gasteiger partial charge in [0.05, 0.1) is 16.7 Å². The lowest BCUT2D eigenvalue weighted by Gasteiger charge is -2.14. The second-order valence-electron chi connectivity index (χ2n) is 4.65. The van der Waals surface area contributed by atoms with Crippen LogP contribution in [0.3, 0.4) is 0 Å². The van der Waals surface area contributed by atoms with Gasteiger partial charge in [0.1, 0.15) is 19.0 Å². The Morgan fingerprint density at radius 2 is 1.58 bits per heavy atom. The number of ether oxygens (including phenoxy) is 2. The Morgan fingerprint density at radius 3 is 2.00 bits per heavy atom. The van der Waals surface area contributed by atoms with Gasteiger partial charge in [-0.2, -0.15) is 8.42 Å². The van der Waals surface area contributed by atoms with Crippen molar-refractivity contribution >= 4 is 27.7 Å². The Morgan fingerprint density at radius 1 is 1.08 bits per heavy atom. The van der Waals surface area contributed by atoms with Crippen molar-refractivity contribution in [2.24, 2.45) is 0 Å². The second-order valence-corrected chi connectivity index (χ2v) is 6.22. The molecule has 0 aromatic heterocycles. The Bertz CT molecular complexity index is 770. The van der Waals surface area contributed by atoms with Gasteiger partial charge in [0.25, 0.3) is 5.69 Å². The van der Waals surface area contributed by atoms with E-state index in [-0.39, 0.29) is 16.9 Å². The Kier molecular flexibility index (Phi) is 6.23. The van der Waals surface area contributed by atoms with Gasteiger partial charge in [-0.3, -0.25) is 19.7 Å². The summed E-state index contributed by atoms with van der Waals surface area (Å²) in [4.78, 5) is 32.4.